The number of aryl methyl sites for hydroxylation is 1. The van der Waals surface area contributed by atoms with Gasteiger partial charge >= 0.3 is 6.18 Å². The first kappa shape index (κ1) is 24.3. The van der Waals surface area contributed by atoms with Crippen LogP contribution >= 0.6 is 11.8 Å². The van der Waals surface area contributed by atoms with E-state index in [0.29, 0.717) is 11.5 Å². The number of hydrogen-bond donors (Lipinski definition) is 2. The number of halogens is 3. The Kier molecular flexibility index (Phi) is 7.06. The number of thioether (sulfide) groups is 1. The molecule has 1 aromatic heterocycles. The Morgan fingerprint density at radius 2 is 1.94 bits per heavy atom. The summed E-state index contributed by atoms with van der Waals surface area (Å²) in [5, 5.41) is 12.2. The van der Waals surface area contributed by atoms with Gasteiger partial charge in [0.15, 0.2) is 5.17 Å². The van der Waals surface area contributed by atoms with Gasteiger partial charge in [0.1, 0.15) is 16.8 Å². The predicted octanol–water partition coefficient (Wildman–Crippen LogP) is 5.22. The highest BCUT2D eigenvalue weighted by Crippen LogP contribution is 2.31. The van der Waals surface area contributed by atoms with E-state index >= 15 is 0 Å². The first-order chi connectivity index (χ1) is 16.7. The molecule has 1 aliphatic rings. The second-order valence-electron chi connectivity index (χ2n) is 7.64. The van der Waals surface area contributed by atoms with Crippen LogP contribution < -0.4 is 10.6 Å². The zero-order chi connectivity index (χ0) is 25.0. The highest BCUT2D eigenvalue weighted by Gasteiger charge is 2.33. The van der Waals surface area contributed by atoms with Crippen LogP contribution in [0, 0.1) is 6.92 Å². The number of nitrogens with one attached hydrogen (secondary N) is 2. The van der Waals surface area contributed by atoms with Crippen LogP contribution in [0.4, 0.5) is 18.9 Å². The molecule has 0 bridgehead atoms. The number of amidine groups is 1. The maximum atomic E-state index is 12.8. The number of rotatable bonds is 6. The van der Waals surface area contributed by atoms with Gasteiger partial charge in [-0.3, -0.25) is 9.59 Å². The van der Waals surface area contributed by atoms with E-state index in [1.165, 1.54) is 18.3 Å². The Hall–Kier alpha value is -3.86. The van der Waals surface area contributed by atoms with Crippen molar-refractivity contribution in [3.63, 3.8) is 0 Å². The van der Waals surface area contributed by atoms with Gasteiger partial charge in [-0.25, -0.2) is 0 Å². The van der Waals surface area contributed by atoms with Crippen molar-refractivity contribution in [3.05, 3.63) is 77.6 Å². The molecule has 1 fully saturated rings. The van der Waals surface area contributed by atoms with Crippen molar-refractivity contribution in [1.29, 1.82) is 0 Å². The minimum absolute atomic E-state index is 0.00447. The number of alkyl halides is 3. The molecule has 180 valence electrons. The van der Waals surface area contributed by atoms with Crippen LogP contribution in [0.3, 0.4) is 0 Å². The van der Waals surface area contributed by atoms with Crippen molar-refractivity contribution < 1.29 is 27.2 Å². The van der Waals surface area contributed by atoms with Crippen molar-refractivity contribution in [2.45, 2.75) is 24.8 Å². The smallest absolute Gasteiger partial charge is 0.416 e. The topological polar surface area (TPSA) is 96.1 Å². The number of nitrogens with zero attached hydrogens (tertiary/aromatic N) is 2. The lowest BCUT2D eigenvalue weighted by Gasteiger charge is -2.10. The molecule has 1 saturated heterocycles. The Morgan fingerprint density at radius 1 is 1.17 bits per heavy atom. The lowest BCUT2D eigenvalue weighted by atomic mass is 10.1. The minimum atomic E-state index is -4.52. The second-order valence-corrected chi connectivity index (χ2v) is 8.84. The first-order valence-electron chi connectivity index (χ1n) is 10.4. The fraction of sp³-hybridized carbons (Fsp3) is 0.167. The van der Waals surface area contributed by atoms with E-state index in [4.69, 9.17) is 4.42 Å². The molecule has 2 N–H and O–H groups in total. The van der Waals surface area contributed by atoms with Gasteiger partial charge in [0.05, 0.1) is 11.8 Å². The Bertz CT molecular complexity index is 1300. The maximum absolute atomic E-state index is 12.8. The van der Waals surface area contributed by atoms with Crippen molar-refractivity contribution in [1.82, 2.24) is 5.32 Å². The summed E-state index contributed by atoms with van der Waals surface area (Å²) in [5.41, 5.74) is 1.18. The van der Waals surface area contributed by atoms with Gasteiger partial charge in [-0.05, 0) is 37.3 Å². The number of anilines is 1. The van der Waals surface area contributed by atoms with Crippen molar-refractivity contribution in [2.75, 3.05) is 5.32 Å². The molecule has 2 aromatic carbocycles. The molecule has 2 heterocycles. The molecule has 4 rings (SSSR count). The zero-order valence-electron chi connectivity index (χ0n) is 18.3. The van der Waals surface area contributed by atoms with Gasteiger partial charge in [0.2, 0.25) is 11.8 Å². The molecule has 7 nitrogen and oxygen atoms in total. The molecule has 35 heavy (non-hydrogen) atoms. The van der Waals surface area contributed by atoms with E-state index in [9.17, 15) is 22.8 Å². The predicted molar refractivity (Wildman–Crippen MR) is 128 cm³/mol. The molecule has 11 heteroatoms. The first-order valence-corrected chi connectivity index (χ1v) is 11.3. The van der Waals surface area contributed by atoms with Crippen molar-refractivity contribution in [2.24, 2.45) is 10.2 Å². The fourth-order valence-electron chi connectivity index (χ4n) is 3.17. The molecular weight excluding hydrogens is 481 g/mol. The van der Waals surface area contributed by atoms with E-state index < -0.39 is 28.8 Å². The van der Waals surface area contributed by atoms with Gasteiger partial charge < -0.3 is 15.1 Å². The maximum Gasteiger partial charge on any atom is 0.416 e. The van der Waals surface area contributed by atoms with Crippen LogP contribution in [0.2, 0.25) is 0 Å². The molecule has 0 radical (unpaired) electrons. The van der Waals surface area contributed by atoms with Crippen LogP contribution in [-0.4, -0.2) is 28.4 Å². The molecule has 1 atom stereocenters. The minimum Gasteiger partial charge on any atom is -0.455 e. The molecule has 2 amide bonds. The molecule has 1 aliphatic heterocycles. The Morgan fingerprint density at radius 3 is 2.69 bits per heavy atom. The van der Waals surface area contributed by atoms with Gasteiger partial charge in [-0.15, -0.1) is 5.10 Å². The Balaban J connectivity index is 1.32. The largest absolute Gasteiger partial charge is 0.455 e. The lowest BCUT2D eigenvalue weighted by molar-refractivity contribution is -0.137. The molecule has 1 unspecified atom stereocenters. The third-order valence-corrected chi connectivity index (χ3v) is 5.99. The van der Waals surface area contributed by atoms with Crippen LogP contribution in [0.25, 0.3) is 11.3 Å². The molecule has 0 saturated carbocycles. The number of furan rings is 1. The summed E-state index contributed by atoms with van der Waals surface area (Å²) in [5.74, 6) is 0.106. The quantitative estimate of drug-likeness (QED) is 0.358. The summed E-state index contributed by atoms with van der Waals surface area (Å²) in [6, 6.07) is 15.7. The average molecular weight is 501 g/mol. The standard InChI is InChI=1S/C24H19F3N4O3S/c1-14-5-7-15(8-6-14)19-10-9-18(34-19)13-28-31-23-30-22(33)20(35-23)12-21(32)29-17-4-2-3-16(11-17)24(25,26)27/h2-11,13,20H,12H2,1H3,(H,29,32)(H,30,31,33)/b28-13+. The number of carbonyl (C=O) groups is 2. The van der Waals surface area contributed by atoms with Gasteiger partial charge in [0.25, 0.3) is 0 Å². The third kappa shape index (κ3) is 6.38. The van der Waals surface area contributed by atoms with Crippen LogP contribution in [0.5, 0.6) is 0 Å². The highest BCUT2D eigenvalue weighted by molar-refractivity contribution is 8.15. The summed E-state index contributed by atoms with van der Waals surface area (Å²) in [6.07, 6.45) is -3.37. The summed E-state index contributed by atoms with van der Waals surface area (Å²) >= 11 is 1.01. The van der Waals surface area contributed by atoms with Crippen LogP contribution in [0.1, 0.15) is 23.3 Å². The average Bonchev–Trinajstić information content (AvgIpc) is 3.40. The monoisotopic (exact) mass is 500 g/mol. The van der Waals surface area contributed by atoms with Crippen molar-refractivity contribution >= 4 is 40.6 Å². The SMILES string of the molecule is Cc1ccc(-c2ccc(/C=N/N=C3\NC(=O)C(CC(=O)Nc4cccc(C(F)(F)F)c4)S3)o2)cc1. The summed E-state index contributed by atoms with van der Waals surface area (Å²) in [4.78, 5) is 24.4. The summed E-state index contributed by atoms with van der Waals surface area (Å²) in [6.45, 7) is 2.00. The molecule has 3 aromatic rings. The highest BCUT2D eigenvalue weighted by atomic mass is 32.2. The van der Waals surface area contributed by atoms with Gasteiger partial charge in [-0.1, -0.05) is 47.7 Å². The van der Waals surface area contributed by atoms with Gasteiger partial charge in [-0.2, -0.15) is 18.3 Å². The van der Waals surface area contributed by atoms with E-state index in [1.54, 1.807) is 6.07 Å². The van der Waals surface area contributed by atoms with E-state index in [0.717, 1.165) is 35.0 Å². The van der Waals surface area contributed by atoms with E-state index in [-0.39, 0.29) is 17.3 Å². The number of hydrogen-bond acceptors (Lipinski definition) is 6. The van der Waals surface area contributed by atoms with Crippen LogP contribution in [-0.2, 0) is 15.8 Å². The second kappa shape index (κ2) is 10.2. The summed E-state index contributed by atoms with van der Waals surface area (Å²) in [7, 11) is 0. The van der Waals surface area contributed by atoms with E-state index in [1.807, 2.05) is 37.3 Å². The van der Waals surface area contributed by atoms with E-state index in [2.05, 4.69) is 20.8 Å². The normalized spacial score (nSPS) is 17.2. The zero-order valence-corrected chi connectivity index (χ0v) is 19.1. The lowest BCUT2D eigenvalue weighted by Crippen LogP contribution is -2.28. The number of carbonyl (C=O) groups excluding carboxylic acids is 2. The molecular formula is C24H19F3N4O3S. The van der Waals surface area contributed by atoms with Crippen molar-refractivity contribution in [3.8, 4) is 11.3 Å². The molecule has 0 spiro atoms. The number of amides is 2. The number of benzene rings is 2. The third-order valence-electron chi connectivity index (χ3n) is 4.92. The summed E-state index contributed by atoms with van der Waals surface area (Å²) < 4.78 is 44.2. The van der Waals surface area contributed by atoms with Gasteiger partial charge in [0, 0.05) is 17.7 Å². The Labute approximate surface area is 202 Å². The van der Waals surface area contributed by atoms with Crippen LogP contribution in [0.15, 0.2) is 75.3 Å². The fourth-order valence-corrected chi connectivity index (χ4v) is 4.10. The molecule has 0 aliphatic carbocycles.